The minimum atomic E-state index is -1.07. The van der Waals surface area contributed by atoms with Crippen molar-refractivity contribution >= 4 is 34.3 Å². The number of rotatable bonds is 6. The maximum atomic E-state index is 13.0. The molecule has 0 bridgehead atoms. The van der Waals surface area contributed by atoms with Crippen molar-refractivity contribution in [1.82, 2.24) is 4.98 Å². The Balaban J connectivity index is 1.56. The fraction of sp³-hybridized carbons (Fsp3) is 0.120. The number of nitrogens with one attached hydrogen (secondary N) is 1. The number of para-hydroxylation sites is 1. The third-order valence-electron chi connectivity index (χ3n) is 4.90. The lowest BCUT2D eigenvalue weighted by Gasteiger charge is -2.15. The van der Waals surface area contributed by atoms with Gasteiger partial charge in [0.05, 0.1) is 17.3 Å². The Hall–Kier alpha value is -4.26. The fourth-order valence-corrected chi connectivity index (χ4v) is 3.23. The summed E-state index contributed by atoms with van der Waals surface area (Å²) >= 11 is 0. The van der Waals surface area contributed by atoms with Crippen LogP contribution in [0, 0.1) is 0 Å². The monoisotopic (exact) mass is 428 g/mol. The van der Waals surface area contributed by atoms with Gasteiger partial charge in [-0.15, -0.1) is 0 Å². The van der Waals surface area contributed by atoms with Crippen molar-refractivity contribution in [3.63, 3.8) is 0 Å². The summed E-state index contributed by atoms with van der Waals surface area (Å²) in [5.41, 5.74) is 2.28. The first-order valence-corrected chi connectivity index (χ1v) is 9.99. The van der Waals surface area contributed by atoms with Crippen LogP contribution in [0.2, 0.25) is 0 Å². The van der Waals surface area contributed by atoms with E-state index in [-0.39, 0.29) is 11.3 Å². The van der Waals surface area contributed by atoms with Crippen molar-refractivity contribution < 1.29 is 23.5 Å². The van der Waals surface area contributed by atoms with Crippen LogP contribution in [0.15, 0.2) is 77.4 Å². The number of amides is 1. The number of furan rings is 1. The molecule has 7 nitrogen and oxygen atoms in total. The van der Waals surface area contributed by atoms with E-state index in [0.717, 1.165) is 0 Å². The van der Waals surface area contributed by atoms with Gasteiger partial charge in [0, 0.05) is 16.6 Å². The quantitative estimate of drug-likeness (QED) is 0.347. The van der Waals surface area contributed by atoms with Gasteiger partial charge in [-0.1, -0.05) is 30.3 Å². The largest absolute Gasteiger partial charge is 0.463 e. The predicted molar refractivity (Wildman–Crippen MR) is 119 cm³/mol. The third kappa shape index (κ3) is 4.41. The standard InChI is InChI=1S/C25H20N2O5/c1-15(28)17-7-5-8-18(13-17)26-24(29)16(2)32-25(30)20-14-22(23-11-6-12-31-23)27-21-10-4-3-9-19(20)21/h3-14,16H,1-2H3,(H,26,29). The summed E-state index contributed by atoms with van der Waals surface area (Å²) in [5.74, 6) is -0.765. The molecule has 1 N–H and O–H groups in total. The molecule has 0 spiro atoms. The summed E-state index contributed by atoms with van der Waals surface area (Å²) in [5, 5.41) is 3.28. The Morgan fingerprint density at radius 2 is 1.81 bits per heavy atom. The van der Waals surface area contributed by atoms with E-state index in [1.165, 1.54) is 20.1 Å². The molecular weight excluding hydrogens is 408 g/mol. The van der Waals surface area contributed by atoms with Crippen molar-refractivity contribution in [1.29, 1.82) is 0 Å². The van der Waals surface area contributed by atoms with Gasteiger partial charge in [0.25, 0.3) is 5.91 Å². The summed E-state index contributed by atoms with van der Waals surface area (Å²) in [6, 6.07) is 18.8. The normalized spacial score (nSPS) is 11.7. The smallest absolute Gasteiger partial charge is 0.339 e. The molecular formula is C25H20N2O5. The Bertz CT molecular complexity index is 1310. The number of Topliss-reactive ketones (excluding diaryl/α,β-unsaturated/α-hetero) is 1. The number of hydrogen-bond acceptors (Lipinski definition) is 6. The van der Waals surface area contributed by atoms with E-state index in [1.54, 1.807) is 60.7 Å². The van der Waals surface area contributed by atoms with Gasteiger partial charge in [-0.3, -0.25) is 9.59 Å². The highest BCUT2D eigenvalue weighted by Gasteiger charge is 2.22. The van der Waals surface area contributed by atoms with E-state index < -0.39 is 18.0 Å². The molecule has 0 saturated heterocycles. The number of aromatic nitrogens is 1. The number of nitrogens with zero attached hydrogens (tertiary/aromatic N) is 1. The van der Waals surface area contributed by atoms with Crippen LogP contribution < -0.4 is 5.32 Å². The maximum Gasteiger partial charge on any atom is 0.339 e. The molecule has 1 atom stereocenters. The van der Waals surface area contributed by atoms with Crippen molar-refractivity contribution in [3.05, 3.63) is 84.1 Å². The number of hydrogen-bond donors (Lipinski definition) is 1. The van der Waals surface area contributed by atoms with E-state index in [9.17, 15) is 14.4 Å². The average molecular weight is 428 g/mol. The Morgan fingerprint density at radius 3 is 2.56 bits per heavy atom. The molecule has 2 aromatic heterocycles. The first-order valence-electron chi connectivity index (χ1n) is 9.99. The molecule has 2 heterocycles. The van der Waals surface area contributed by atoms with Crippen LogP contribution in [-0.2, 0) is 9.53 Å². The molecule has 0 aliphatic heterocycles. The number of ether oxygens (including phenoxy) is 1. The first kappa shape index (κ1) is 21.0. The van der Waals surface area contributed by atoms with Gasteiger partial charge in [-0.2, -0.15) is 0 Å². The van der Waals surface area contributed by atoms with Crippen molar-refractivity contribution in [2.75, 3.05) is 5.32 Å². The van der Waals surface area contributed by atoms with Gasteiger partial charge in [-0.25, -0.2) is 9.78 Å². The molecule has 4 aromatic rings. The molecule has 0 aliphatic rings. The van der Waals surface area contributed by atoms with Gasteiger partial charge in [0.2, 0.25) is 0 Å². The minimum Gasteiger partial charge on any atom is -0.463 e. The van der Waals surface area contributed by atoms with E-state index >= 15 is 0 Å². The second-order valence-electron chi connectivity index (χ2n) is 7.22. The predicted octanol–water partition coefficient (Wildman–Crippen LogP) is 4.88. The van der Waals surface area contributed by atoms with Gasteiger partial charge in [-0.05, 0) is 50.2 Å². The van der Waals surface area contributed by atoms with E-state index in [4.69, 9.17) is 9.15 Å². The molecule has 0 radical (unpaired) electrons. The van der Waals surface area contributed by atoms with Gasteiger partial charge in [0.1, 0.15) is 5.69 Å². The molecule has 1 unspecified atom stereocenters. The highest BCUT2D eigenvalue weighted by atomic mass is 16.5. The second kappa shape index (κ2) is 8.85. The molecule has 7 heteroatoms. The van der Waals surface area contributed by atoms with Crippen LogP contribution in [0.4, 0.5) is 5.69 Å². The number of carbonyl (C=O) groups excluding carboxylic acids is 3. The number of esters is 1. The number of carbonyl (C=O) groups is 3. The van der Waals surface area contributed by atoms with E-state index in [2.05, 4.69) is 10.3 Å². The van der Waals surface area contributed by atoms with Gasteiger partial charge >= 0.3 is 5.97 Å². The van der Waals surface area contributed by atoms with Crippen LogP contribution >= 0.6 is 0 Å². The lowest BCUT2D eigenvalue weighted by molar-refractivity contribution is -0.123. The molecule has 4 rings (SSSR count). The Morgan fingerprint density at radius 1 is 1.00 bits per heavy atom. The highest BCUT2D eigenvalue weighted by molar-refractivity contribution is 6.06. The van der Waals surface area contributed by atoms with Crippen molar-refractivity contribution in [3.8, 4) is 11.5 Å². The van der Waals surface area contributed by atoms with Crippen LogP contribution in [0.5, 0.6) is 0 Å². The minimum absolute atomic E-state index is 0.113. The molecule has 0 fully saturated rings. The highest BCUT2D eigenvalue weighted by Crippen LogP contribution is 2.26. The molecule has 0 aliphatic carbocycles. The van der Waals surface area contributed by atoms with Crippen molar-refractivity contribution in [2.24, 2.45) is 0 Å². The summed E-state index contributed by atoms with van der Waals surface area (Å²) in [6.45, 7) is 2.93. The second-order valence-corrected chi connectivity index (χ2v) is 7.22. The Labute approximate surface area is 184 Å². The first-order chi connectivity index (χ1) is 15.4. The van der Waals surface area contributed by atoms with Crippen LogP contribution in [0.1, 0.15) is 34.6 Å². The molecule has 0 saturated carbocycles. The van der Waals surface area contributed by atoms with E-state index in [1.807, 2.05) is 6.07 Å². The fourth-order valence-electron chi connectivity index (χ4n) is 3.23. The average Bonchev–Trinajstić information content (AvgIpc) is 3.33. The third-order valence-corrected chi connectivity index (χ3v) is 4.90. The molecule has 32 heavy (non-hydrogen) atoms. The lowest BCUT2D eigenvalue weighted by atomic mass is 10.1. The van der Waals surface area contributed by atoms with Gasteiger partial charge < -0.3 is 14.5 Å². The van der Waals surface area contributed by atoms with Crippen LogP contribution in [-0.4, -0.2) is 28.7 Å². The number of pyridine rings is 1. The van der Waals surface area contributed by atoms with Crippen molar-refractivity contribution in [2.45, 2.75) is 20.0 Å². The molecule has 160 valence electrons. The summed E-state index contributed by atoms with van der Waals surface area (Å²) in [7, 11) is 0. The zero-order valence-corrected chi connectivity index (χ0v) is 17.5. The number of fused-ring (bicyclic) bond motifs is 1. The lowest BCUT2D eigenvalue weighted by Crippen LogP contribution is -2.30. The van der Waals surface area contributed by atoms with Crippen LogP contribution in [0.3, 0.4) is 0 Å². The zero-order valence-electron chi connectivity index (χ0n) is 17.5. The SMILES string of the molecule is CC(=O)c1cccc(NC(=O)C(C)OC(=O)c2cc(-c3ccco3)nc3ccccc23)c1. The summed E-state index contributed by atoms with van der Waals surface area (Å²) < 4.78 is 10.9. The van der Waals surface area contributed by atoms with E-state index in [0.29, 0.717) is 33.6 Å². The zero-order chi connectivity index (χ0) is 22.7. The molecule has 2 aromatic carbocycles. The number of benzene rings is 2. The Kier molecular flexibility index (Phi) is 5.81. The number of anilines is 1. The summed E-state index contributed by atoms with van der Waals surface area (Å²) in [6.07, 6.45) is 0.458. The topological polar surface area (TPSA) is 98.5 Å². The summed E-state index contributed by atoms with van der Waals surface area (Å²) in [4.78, 5) is 41.7. The maximum absolute atomic E-state index is 13.0. The van der Waals surface area contributed by atoms with Gasteiger partial charge in [0.15, 0.2) is 17.6 Å². The number of ketones is 1. The molecule has 1 amide bonds. The van der Waals surface area contributed by atoms with Crippen LogP contribution in [0.25, 0.3) is 22.4 Å².